The third-order valence-corrected chi connectivity index (χ3v) is 4.15. The van der Waals surface area contributed by atoms with Crippen LogP contribution in [0.1, 0.15) is 12.5 Å². The van der Waals surface area contributed by atoms with E-state index in [9.17, 15) is 20.3 Å². The van der Waals surface area contributed by atoms with Crippen molar-refractivity contribution in [1.29, 1.82) is 5.26 Å². The molecule has 0 aliphatic carbocycles. The Morgan fingerprint density at radius 1 is 1.24 bits per heavy atom. The van der Waals surface area contributed by atoms with Crippen molar-refractivity contribution in [3.63, 3.8) is 0 Å². The predicted octanol–water partition coefficient (Wildman–Crippen LogP) is 3.96. The Morgan fingerprint density at radius 3 is 2.60 bits per heavy atom. The lowest BCUT2D eigenvalue weighted by molar-refractivity contribution is -0.115. The molecule has 6 nitrogen and oxygen atoms in total. The maximum absolute atomic E-state index is 12.4. The Bertz CT molecular complexity index is 1040. The highest BCUT2D eigenvalue weighted by Crippen LogP contribution is 2.39. The highest BCUT2D eigenvalue weighted by atomic mass is 79.9. The number of phenolic OH excluding ortho intramolecular Hbond substituents is 2. The molecule has 25 heavy (non-hydrogen) atoms. The lowest BCUT2D eigenvalue weighted by Crippen LogP contribution is -2.24. The average molecular weight is 398 g/mol. The molecule has 0 unspecified atom stereocenters. The minimum absolute atomic E-state index is 0.174. The van der Waals surface area contributed by atoms with E-state index < -0.39 is 0 Å². The molecule has 3 aromatic rings. The van der Waals surface area contributed by atoms with E-state index in [0.29, 0.717) is 22.3 Å². The van der Waals surface area contributed by atoms with Gasteiger partial charge in [-0.3, -0.25) is 14.7 Å². The second-order valence-corrected chi connectivity index (χ2v) is 6.24. The predicted molar refractivity (Wildman–Crippen MR) is 96.7 cm³/mol. The Labute approximate surface area is 151 Å². The molecule has 0 radical (unpaired) electrons. The van der Waals surface area contributed by atoms with E-state index in [1.807, 2.05) is 12.1 Å². The van der Waals surface area contributed by atoms with Crippen molar-refractivity contribution in [2.75, 3.05) is 4.90 Å². The molecular weight excluding hydrogens is 386 g/mol. The number of aromatic hydroxyl groups is 2. The molecule has 0 aliphatic heterocycles. The van der Waals surface area contributed by atoms with E-state index >= 15 is 0 Å². The number of benzene rings is 2. The van der Waals surface area contributed by atoms with Crippen LogP contribution in [0.3, 0.4) is 0 Å². The summed E-state index contributed by atoms with van der Waals surface area (Å²) < 4.78 is 0.772. The van der Waals surface area contributed by atoms with Crippen LogP contribution >= 0.6 is 15.9 Å². The maximum atomic E-state index is 12.4. The van der Waals surface area contributed by atoms with Gasteiger partial charge >= 0.3 is 0 Å². The third kappa shape index (κ3) is 2.99. The van der Waals surface area contributed by atoms with Crippen molar-refractivity contribution >= 4 is 44.1 Å². The number of phenols is 2. The number of carbonyl (C=O) groups excluding carboxylic acids is 1. The molecule has 1 amide bonds. The van der Waals surface area contributed by atoms with Gasteiger partial charge in [-0.2, -0.15) is 5.26 Å². The number of nitrogens with zero attached hydrogens (tertiary/aromatic N) is 3. The molecule has 0 spiro atoms. The normalized spacial score (nSPS) is 10.4. The van der Waals surface area contributed by atoms with Gasteiger partial charge in [-0.25, -0.2) is 0 Å². The first kappa shape index (κ1) is 16.7. The lowest BCUT2D eigenvalue weighted by atomic mass is 10.1. The first-order chi connectivity index (χ1) is 11.9. The van der Waals surface area contributed by atoms with Crippen molar-refractivity contribution in [1.82, 2.24) is 4.98 Å². The van der Waals surface area contributed by atoms with Gasteiger partial charge in [0.05, 0.1) is 22.5 Å². The maximum Gasteiger partial charge on any atom is 0.228 e. The molecule has 0 saturated heterocycles. The number of amides is 1. The van der Waals surface area contributed by atoms with E-state index in [2.05, 4.69) is 20.9 Å². The number of hydrogen-bond donors (Lipinski definition) is 2. The van der Waals surface area contributed by atoms with Gasteiger partial charge < -0.3 is 10.2 Å². The van der Waals surface area contributed by atoms with Gasteiger partial charge in [0, 0.05) is 29.0 Å². The number of fused-ring (bicyclic) bond motifs is 1. The number of carbonyl (C=O) groups is 1. The quantitative estimate of drug-likeness (QED) is 0.637. The number of pyridine rings is 1. The molecule has 0 atom stereocenters. The molecule has 0 bridgehead atoms. The molecular formula is C18H12BrN3O3. The number of rotatable bonds is 2. The minimum Gasteiger partial charge on any atom is -0.504 e. The van der Waals surface area contributed by atoms with Crippen molar-refractivity contribution in [3.8, 4) is 17.6 Å². The van der Waals surface area contributed by atoms with Crippen LogP contribution in [0.4, 0.5) is 11.4 Å². The smallest absolute Gasteiger partial charge is 0.228 e. The Morgan fingerprint density at radius 2 is 1.96 bits per heavy atom. The van der Waals surface area contributed by atoms with Gasteiger partial charge in [0.1, 0.15) is 6.07 Å². The monoisotopic (exact) mass is 397 g/mol. The summed E-state index contributed by atoms with van der Waals surface area (Å²) in [7, 11) is 0. The van der Waals surface area contributed by atoms with Crippen LogP contribution in [0.25, 0.3) is 10.9 Å². The number of halogens is 1. The van der Waals surface area contributed by atoms with Gasteiger partial charge in [-0.05, 0) is 24.3 Å². The lowest BCUT2D eigenvalue weighted by Gasteiger charge is -2.24. The first-order valence-electron chi connectivity index (χ1n) is 7.23. The fourth-order valence-corrected chi connectivity index (χ4v) is 3.00. The van der Waals surface area contributed by atoms with Crippen molar-refractivity contribution in [2.45, 2.75) is 6.92 Å². The topological polar surface area (TPSA) is 97.5 Å². The second kappa shape index (κ2) is 6.42. The second-order valence-electron chi connectivity index (χ2n) is 5.32. The molecule has 3 rings (SSSR count). The Balaban J connectivity index is 2.39. The molecule has 0 saturated carbocycles. The van der Waals surface area contributed by atoms with Crippen LogP contribution in [0.5, 0.6) is 11.5 Å². The zero-order chi connectivity index (χ0) is 18.1. The van der Waals surface area contributed by atoms with Crippen molar-refractivity contribution in [2.24, 2.45) is 0 Å². The van der Waals surface area contributed by atoms with E-state index in [1.165, 1.54) is 30.2 Å². The largest absolute Gasteiger partial charge is 0.504 e. The third-order valence-electron chi connectivity index (χ3n) is 3.66. The van der Waals surface area contributed by atoms with Gasteiger partial charge in [0.2, 0.25) is 5.91 Å². The van der Waals surface area contributed by atoms with E-state index in [-0.39, 0.29) is 23.0 Å². The van der Waals surface area contributed by atoms with Crippen LogP contribution in [-0.4, -0.2) is 21.1 Å². The van der Waals surface area contributed by atoms with E-state index in [1.54, 1.807) is 18.2 Å². The molecule has 2 N–H and O–H groups in total. The summed E-state index contributed by atoms with van der Waals surface area (Å²) in [4.78, 5) is 17.9. The number of anilines is 2. The van der Waals surface area contributed by atoms with Crippen LogP contribution in [0.15, 0.2) is 47.1 Å². The van der Waals surface area contributed by atoms with Gasteiger partial charge in [0.25, 0.3) is 0 Å². The molecule has 7 heteroatoms. The number of nitriles is 1. The molecule has 1 heterocycles. The fourth-order valence-electron chi connectivity index (χ4n) is 2.61. The fraction of sp³-hybridized carbons (Fsp3) is 0.0556. The van der Waals surface area contributed by atoms with Crippen molar-refractivity contribution < 1.29 is 15.0 Å². The van der Waals surface area contributed by atoms with Gasteiger partial charge in [-0.1, -0.05) is 22.0 Å². The Hall–Kier alpha value is -3.11. The summed E-state index contributed by atoms with van der Waals surface area (Å²) in [5, 5.41) is 29.4. The summed E-state index contributed by atoms with van der Waals surface area (Å²) in [6.45, 7) is 1.38. The summed E-state index contributed by atoms with van der Waals surface area (Å²) in [6, 6.07) is 11.7. The van der Waals surface area contributed by atoms with Gasteiger partial charge in [0.15, 0.2) is 11.5 Å². The minimum atomic E-state index is -0.358. The SMILES string of the molecule is CC(=O)N(c1cccc(Br)c1)c1c(C#N)cnc2cc(O)c(O)cc12. The number of aromatic nitrogens is 1. The van der Waals surface area contributed by atoms with Crippen molar-refractivity contribution in [3.05, 3.63) is 52.6 Å². The zero-order valence-electron chi connectivity index (χ0n) is 13.1. The van der Waals surface area contributed by atoms with Crippen LogP contribution in [0.2, 0.25) is 0 Å². The first-order valence-corrected chi connectivity index (χ1v) is 8.02. The summed E-state index contributed by atoms with van der Waals surface area (Å²) in [5.74, 6) is -0.995. The van der Waals surface area contributed by atoms with Crippen LogP contribution in [-0.2, 0) is 4.79 Å². The molecule has 1 aromatic heterocycles. The van der Waals surface area contributed by atoms with E-state index in [4.69, 9.17) is 0 Å². The highest BCUT2D eigenvalue weighted by molar-refractivity contribution is 9.10. The Kier molecular flexibility index (Phi) is 4.30. The van der Waals surface area contributed by atoms with Crippen LogP contribution in [0, 0.1) is 11.3 Å². The summed E-state index contributed by atoms with van der Waals surface area (Å²) in [5.41, 5.74) is 1.38. The standard InChI is InChI=1S/C18H12BrN3O3/c1-10(23)22(13-4-2-3-12(19)5-13)18-11(8-20)9-21-15-7-17(25)16(24)6-14(15)18/h2-7,9,24-25H,1H3. The molecule has 124 valence electrons. The molecule has 2 aromatic carbocycles. The summed E-state index contributed by atoms with van der Waals surface area (Å²) >= 11 is 3.37. The van der Waals surface area contributed by atoms with Crippen LogP contribution < -0.4 is 4.90 Å². The summed E-state index contributed by atoms with van der Waals surface area (Å²) in [6.07, 6.45) is 1.34. The van der Waals surface area contributed by atoms with E-state index in [0.717, 1.165) is 4.47 Å². The zero-order valence-corrected chi connectivity index (χ0v) is 14.6. The molecule has 0 fully saturated rings. The van der Waals surface area contributed by atoms with Gasteiger partial charge in [-0.15, -0.1) is 0 Å². The molecule has 0 aliphatic rings. The average Bonchev–Trinajstić information content (AvgIpc) is 2.56. The number of hydrogen-bond acceptors (Lipinski definition) is 5. The highest BCUT2D eigenvalue weighted by Gasteiger charge is 2.22.